The van der Waals surface area contributed by atoms with Gasteiger partial charge >= 0.3 is 6.03 Å². The van der Waals surface area contributed by atoms with Gasteiger partial charge in [0.15, 0.2) is 0 Å². The normalized spacial score (nSPS) is 17.4. The molecule has 0 saturated heterocycles. The summed E-state index contributed by atoms with van der Waals surface area (Å²) >= 11 is 1.58. The van der Waals surface area contributed by atoms with Crippen LogP contribution in [-0.4, -0.2) is 34.2 Å². The molecule has 0 aliphatic heterocycles. The summed E-state index contributed by atoms with van der Waals surface area (Å²) in [6.45, 7) is 4.17. The van der Waals surface area contributed by atoms with Crippen LogP contribution in [0.5, 0.6) is 0 Å². The Balaban J connectivity index is 1.75. The number of amides is 2. The number of hydrogen-bond donors (Lipinski definition) is 2. The lowest BCUT2D eigenvalue weighted by Crippen LogP contribution is -2.44. The molecule has 1 aliphatic rings. The van der Waals surface area contributed by atoms with E-state index in [4.69, 9.17) is 0 Å². The van der Waals surface area contributed by atoms with Crippen molar-refractivity contribution in [1.29, 1.82) is 0 Å². The standard InChI is InChI=1S/C18H23N3O2S/c1-12(16-11-24-13(2)20-16)19-18(23)21(9-10-22)17-8-7-14-5-3-4-6-15(14)17/h3-6,11-12,17,22H,7-10H2,1-2H3,(H,19,23)/t12-,17-/m1/s1. The molecular weight excluding hydrogens is 322 g/mol. The lowest BCUT2D eigenvalue weighted by molar-refractivity contribution is 0.149. The van der Waals surface area contributed by atoms with Crippen LogP contribution in [0.2, 0.25) is 0 Å². The van der Waals surface area contributed by atoms with Crippen molar-refractivity contribution in [3.05, 3.63) is 51.5 Å². The number of fused-ring (bicyclic) bond motifs is 1. The number of hydrogen-bond acceptors (Lipinski definition) is 4. The first-order valence-corrected chi connectivity index (χ1v) is 9.16. The van der Waals surface area contributed by atoms with E-state index in [2.05, 4.69) is 22.4 Å². The molecule has 6 heteroatoms. The van der Waals surface area contributed by atoms with Gasteiger partial charge in [0.1, 0.15) is 0 Å². The average Bonchev–Trinajstić information content (AvgIpc) is 3.19. The van der Waals surface area contributed by atoms with Gasteiger partial charge in [0.2, 0.25) is 0 Å². The molecule has 2 N–H and O–H groups in total. The molecule has 3 rings (SSSR count). The maximum absolute atomic E-state index is 12.8. The van der Waals surface area contributed by atoms with Crippen molar-refractivity contribution in [2.45, 2.75) is 38.8 Å². The SMILES string of the molecule is Cc1nc([C@@H](C)NC(=O)N(CCO)[C@@H]2CCc3ccccc32)cs1. The van der Waals surface area contributed by atoms with Crippen LogP contribution in [0.15, 0.2) is 29.6 Å². The van der Waals surface area contributed by atoms with E-state index in [1.165, 1.54) is 11.1 Å². The van der Waals surface area contributed by atoms with Gasteiger partial charge in [-0.3, -0.25) is 0 Å². The number of nitrogens with zero attached hydrogens (tertiary/aromatic N) is 2. The lowest BCUT2D eigenvalue weighted by Gasteiger charge is -2.30. The van der Waals surface area contributed by atoms with Crippen LogP contribution in [-0.2, 0) is 6.42 Å². The molecule has 2 atom stereocenters. The Labute approximate surface area is 146 Å². The van der Waals surface area contributed by atoms with E-state index in [9.17, 15) is 9.90 Å². The number of rotatable bonds is 5. The number of carbonyl (C=O) groups is 1. The molecule has 0 radical (unpaired) electrons. The number of aliphatic hydroxyl groups excluding tert-OH is 1. The molecule has 5 nitrogen and oxygen atoms in total. The van der Waals surface area contributed by atoms with Gasteiger partial charge in [-0.2, -0.15) is 0 Å². The number of aromatic nitrogens is 1. The zero-order chi connectivity index (χ0) is 17.1. The Morgan fingerprint density at radius 2 is 2.29 bits per heavy atom. The first-order valence-electron chi connectivity index (χ1n) is 8.28. The third-order valence-electron chi connectivity index (χ3n) is 4.50. The van der Waals surface area contributed by atoms with Gasteiger partial charge in [0, 0.05) is 11.9 Å². The van der Waals surface area contributed by atoms with Crippen molar-refractivity contribution in [2.24, 2.45) is 0 Å². The van der Waals surface area contributed by atoms with Crippen molar-refractivity contribution in [1.82, 2.24) is 15.2 Å². The van der Waals surface area contributed by atoms with Gasteiger partial charge in [-0.1, -0.05) is 24.3 Å². The van der Waals surface area contributed by atoms with Gasteiger partial charge < -0.3 is 15.3 Å². The van der Waals surface area contributed by atoms with Crippen LogP contribution in [0.1, 0.15) is 47.3 Å². The highest BCUT2D eigenvalue weighted by atomic mass is 32.1. The lowest BCUT2D eigenvalue weighted by atomic mass is 10.1. The minimum absolute atomic E-state index is 0.0257. The summed E-state index contributed by atoms with van der Waals surface area (Å²) in [4.78, 5) is 19.0. The van der Waals surface area contributed by atoms with E-state index in [-0.39, 0.29) is 24.7 Å². The highest BCUT2D eigenvalue weighted by Gasteiger charge is 2.31. The summed E-state index contributed by atoms with van der Waals surface area (Å²) in [5.74, 6) is 0. The fourth-order valence-corrected chi connectivity index (χ4v) is 3.99. The summed E-state index contributed by atoms with van der Waals surface area (Å²) in [7, 11) is 0. The van der Waals surface area contributed by atoms with E-state index in [1.807, 2.05) is 31.4 Å². The predicted molar refractivity (Wildman–Crippen MR) is 95.1 cm³/mol. The number of urea groups is 1. The van der Waals surface area contributed by atoms with Crippen molar-refractivity contribution in [3.63, 3.8) is 0 Å². The van der Waals surface area contributed by atoms with Crippen LogP contribution >= 0.6 is 11.3 Å². The van der Waals surface area contributed by atoms with E-state index in [0.717, 1.165) is 23.5 Å². The number of aryl methyl sites for hydroxylation is 2. The Morgan fingerprint density at radius 1 is 1.50 bits per heavy atom. The second kappa shape index (κ2) is 7.32. The van der Waals surface area contributed by atoms with Crippen molar-refractivity contribution >= 4 is 17.4 Å². The highest BCUT2D eigenvalue weighted by Crippen LogP contribution is 2.35. The molecule has 128 valence electrons. The maximum atomic E-state index is 12.8. The smallest absolute Gasteiger partial charge is 0.318 e. The molecule has 0 spiro atoms. The fraction of sp³-hybridized carbons (Fsp3) is 0.444. The summed E-state index contributed by atoms with van der Waals surface area (Å²) in [6, 6.07) is 7.96. The molecule has 0 fully saturated rings. The van der Waals surface area contributed by atoms with Gasteiger partial charge in [-0.25, -0.2) is 9.78 Å². The first-order chi connectivity index (χ1) is 11.6. The fourth-order valence-electron chi connectivity index (χ4n) is 3.29. The topological polar surface area (TPSA) is 65.5 Å². The number of nitrogens with one attached hydrogen (secondary N) is 1. The van der Waals surface area contributed by atoms with Crippen LogP contribution < -0.4 is 5.32 Å². The van der Waals surface area contributed by atoms with E-state index < -0.39 is 0 Å². The Kier molecular flexibility index (Phi) is 5.16. The van der Waals surface area contributed by atoms with Gasteiger partial charge in [0.25, 0.3) is 0 Å². The maximum Gasteiger partial charge on any atom is 0.318 e. The van der Waals surface area contributed by atoms with Gasteiger partial charge in [0.05, 0.1) is 29.4 Å². The minimum atomic E-state index is -0.153. The third-order valence-corrected chi connectivity index (χ3v) is 5.29. The largest absolute Gasteiger partial charge is 0.395 e. The molecule has 24 heavy (non-hydrogen) atoms. The number of aliphatic hydroxyl groups is 1. The molecular formula is C18H23N3O2S. The molecule has 1 aromatic heterocycles. The molecule has 0 bridgehead atoms. The number of benzene rings is 1. The Morgan fingerprint density at radius 3 is 3.00 bits per heavy atom. The van der Waals surface area contributed by atoms with E-state index in [0.29, 0.717) is 6.54 Å². The minimum Gasteiger partial charge on any atom is -0.395 e. The zero-order valence-electron chi connectivity index (χ0n) is 14.0. The van der Waals surface area contributed by atoms with Crippen LogP contribution in [0, 0.1) is 6.92 Å². The Hall–Kier alpha value is -1.92. The van der Waals surface area contributed by atoms with Crippen LogP contribution in [0.3, 0.4) is 0 Å². The van der Waals surface area contributed by atoms with Crippen molar-refractivity contribution in [3.8, 4) is 0 Å². The number of carbonyl (C=O) groups excluding carboxylic acids is 1. The second-order valence-electron chi connectivity index (χ2n) is 6.13. The summed E-state index contributed by atoms with van der Waals surface area (Å²) in [6.07, 6.45) is 1.87. The Bertz CT molecular complexity index is 716. The van der Waals surface area contributed by atoms with Crippen LogP contribution in [0.25, 0.3) is 0 Å². The van der Waals surface area contributed by atoms with Gasteiger partial charge in [-0.15, -0.1) is 11.3 Å². The second-order valence-corrected chi connectivity index (χ2v) is 7.20. The van der Waals surface area contributed by atoms with E-state index in [1.54, 1.807) is 16.2 Å². The zero-order valence-corrected chi connectivity index (χ0v) is 14.8. The summed E-state index contributed by atoms with van der Waals surface area (Å²) < 4.78 is 0. The third kappa shape index (κ3) is 3.44. The quantitative estimate of drug-likeness (QED) is 0.874. The summed E-state index contributed by atoms with van der Waals surface area (Å²) in [5, 5.41) is 15.4. The number of thiazole rings is 1. The summed E-state index contributed by atoms with van der Waals surface area (Å²) in [5.41, 5.74) is 3.36. The predicted octanol–water partition coefficient (Wildman–Crippen LogP) is 3.20. The average molecular weight is 345 g/mol. The van der Waals surface area contributed by atoms with Gasteiger partial charge in [-0.05, 0) is 37.8 Å². The molecule has 0 saturated carbocycles. The highest BCUT2D eigenvalue weighted by molar-refractivity contribution is 7.09. The molecule has 2 aromatic rings. The van der Waals surface area contributed by atoms with Crippen molar-refractivity contribution in [2.75, 3.05) is 13.2 Å². The van der Waals surface area contributed by atoms with Crippen LogP contribution in [0.4, 0.5) is 4.79 Å². The first kappa shape index (κ1) is 16.9. The molecule has 0 unspecified atom stereocenters. The molecule has 1 aliphatic carbocycles. The molecule has 2 amide bonds. The van der Waals surface area contributed by atoms with Crippen molar-refractivity contribution < 1.29 is 9.90 Å². The van der Waals surface area contributed by atoms with E-state index >= 15 is 0 Å². The monoisotopic (exact) mass is 345 g/mol. The molecule has 1 heterocycles. The molecule has 1 aromatic carbocycles.